The zero-order chi connectivity index (χ0) is 45.8. The highest BCUT2D eigenvalue weighted by Crippen LogP contribution is 2.50. The fraction of sp³-hybridized carbons (Fsp3) is 0.213. The summed E-state index contributed by atoms with van der Waals surface area (Å²) < 4.78 is 7.00. The fourth-order valence-corrected chi connectivity index (χ4v) is 9.16. The van der Waals surface area contributed by atoms with E-state index in [2.05, 4.69) is 243 Å². The number of fused-ring (bicyclic) bond motifs is 3. The van der Waals surface area contributed by atoms with Gasteiger partial charge >= 0.3 is 0 Å². The Morgan fingerprint density at radius 2 is 0.908 bits per heavy atom. The molecule has 0 radical (unpaired) electrons. The van der Waals surface area contributed by atoms with Crippen LogP contribution in [0, 0.1) is 6.92 Å². The monoisotopic (exact) mass is 870 g/mol. The lowest BCUT2D eigenvalue weighted by molar-refractivity contribution is 0.590. The van der Waals surface area contributed by atoms with Crippen LogP contribution in [-0.2, 0) is 16.2 Å². The second-order valence-electron chi connectivity index (χ2n) is 20.6. The van der Waals surface area contributed by atoms with Crippen molar-refractivity contribution < 1.29 is 4.42 Å². The molecule has 9 aromatic rings. The summed E-state index contributed by atoms with van der Waals surface area (Å²) in [6.07, 6.45) is 0. The minimum Gasteiger partial charge on any atom is -0.454 e. The second kappa shape index (κ2) is 16.8. The molecule has 0 N–H and O–H groups in total. The number of hydrogen-bond donors (Lipinski definition) is 0. The van der Waals surface area contributed by atoms with Crippen LogP contribution in [0.5, 0.6) is 0 Å². The molecule has 0 aliphatic heterocycles. The Hall–Kier alpha value is -6.55. The SMILES string of the molecule is Cc1cc(N(c2cccc(Cl)c2)c2ccc(C(C)(C)C)cc2-c2ccccc2)cc(N(c2ccc(C(C)(C)C)cc2-c2ccccc2)c2cccc3c2oc2ccc(C(C)(C)C)cc23)c1. The van der Waals surface area contributed by atoms with Gasteiger partial charge in [0, 0.05) is 44.0 Å². The summed E-state index contributed by atoms with van der Waals surface area (Å²) >= 11 is 6.88. The molecule has 1 heterocycles. The first kappa shape index (κ1) is 43.7. The zero-order valence-corrected chi connectivity index (χ0v) is 40.2. The molecule has 0 bridgehead atoms. The van der Waals surface area contributed by atoms with Crippen LogP contribution in [0.3, 0.4) is 0 Å². The molecule has 0 fully saturated rings. The highest BCUT2D eigenvalue weighted by atomic mass is 35.5. The Labute approximate surface area is 390 Å². The van der Waals surface area contributed by atoms with Crippen molar-refractivity contribution in [1.29, 1.82) is 0 Å². The van der Waals surface area contributed by atoms with Crippen molar-refractivity contribution in [3.8, 4) is 22.3 Å². The molecule has 0 aliphatic carbocycles. The quantitative estimate of drug-likeness (QED) is 0.152. The van der Waals surface area contributed by atoms with E-state index in [0.29, 0.717) is 5.02 Å². The summed E-state index contributed by atoms with van der Waals surface area (Å²) in [6.45, 7) is 22.7. The molecule has 0 saturated heterocycles. The first-order valence-corrected chi connectivity index (χ1v) is 23.1. The van der Waals surface area contributed by atoms with E-state index in [-0.39, 0.29) is 16.2 Å². The van der Waals surface area contributed by atoms with Gasteiger partial charge in [-0.1, -0.05) is 171 Å². The summed E-state index contributed by atoms with van der Waals surface area (Å²) in [5.41, 5.74) is 17.1. The number of para-hydroxylation sites is 1. The number of hydrogen-bond acceptors (Lipinski definition) is 3. The maximum absolute atomic E-state index is 7.00. The first-order chi connectivity index (χ1) is 30.9. The van der Waals surface area contributed by atoms with Crippen LogP contribution < -0.4 is 9.80 Å². The van der Waals surface area contributed by atoms with Crippen molar-refractivity contribution in [1.82, 2.24) is 0 Å². The maximum atomic E-state index is 7.00. The number of nitrogens with zero attached hydrogens (tertiary/aromatic N) is 2. The van der Waals surface area contributed by atoms with Gasteiger partial charge in [-0.05, 0) is 135 Å². The van der Waals surface area contributed by atoms with Gasteiger partial charge in [-0.2, -0.15) is 0 Å². The highest BCUT2D eigenvalue weighted by molar-refractivity contribution is 6.31. The summed E-state index contributed by atoms with van der Waals surface area (Å²) in [6, 6.07) is 63.7. The average Bonchev–Trinajstić information content (AvgIpc) is 3.65. The molecule has 8 aromatic carbocycles. The van der Waals surface area contributed by atoms with E-state index in [0.717, 1.165) is 83.9 Å². The fourth-order valence-electron chi connectivity index (χ4n) is 8.97. The normalized spacial score (nSPS) is 12.2. The third-order valence-electron chi connectivity index (χ3n) is 12.6. The Bertz CT molecular complexity index is 3180. The van der Waals surface area contributed by atoms with E-state index in [1.165, 1.54) is 16.7 Å². The molecular formula is C61H59ClN2O. The van der Waals surface area contributed by atoms with Crippen molar-refractivity contribution >= 4 is 67.7 Å². The van der Waals surface area contributed by atoms with Gasteiger partial charge in [0.1, 0.15) is 5.58 Å². The minimum absolute atomic E-state index is 0.0128. The van der Waals surface area contributed by atoms with Crippen LogP contribution in [0.1, 0.15) is 84.6 Å². The van der Waals surface area contributed by atoms with Gasteiger partial charge in [0.15, 0.2) is 5.58 Å². The van der Waals surface area contributed by atoms with Crippen LogP contribution in [0.2, 0.25) is 5.02 Å². The number of furan rings is 1. The van der Waals surface area contributed by atoms with Crippen LogP contribution in [0.25, 0.3) is 44.2 Å². The predicted molar refractivity (Wildman–Crippen MR) is 280 cm³/mol. The van der Waals surface area contributed by atoms with E-state index in [4.69, 9.17) is 16.0 Å². The largest absolute Gasteiger partial charge is 0.454 e. The van der Waals surface area contributed by atoms with Crippen LogP contribution in [0.15, 0.2) is 180 Å². The summed E-state index contributed by atoms with van der Waals surface area (Å²) in [7, 11) is 0. The lowest BCUT2D eigenvalue weighted by Crippen LogP contribution is -2.17. The minimum atomic E-state index is -0.0661. The lowest BCUT2D eigenvalue weighted by atomic mass is 9.84. The first-order valence-electron chi connectivity index (χ1n) is 22.8. The van der Waals surface area contributed by atoms with Gasteiger partial charge in [0.25, 0.3) is 0 Å². The molecule has 0 spiro atoms. The van der Waals surface area contributed by atoms with Crippen molar-refractivity contribution in [3.63, 3.8) is 0 Å². The molecular weight excluding hydrogens is 812 g/mol. The molecule has 65 heavy (non-hydrogen) atoms. The topological polar surface area (TPSA) is 19.6 Å². The molecule has 0 aliphatic rings. The number of aryl methyl sites for hydroxylation is 1. The molecule has 1 aromatic heterocycles. The summed E-state index contributed by atoms with van der Waals surface area (Å²) in [5, 5.41) is 2.87. The molecule has 0 amide bonds. The Balaban J connectivity index is 1.35. The predicted octanol–water partition coefficient (Wildman–Crippen LogP) is 18.7. The third kappa shape index (κ3) is 8.70. The molecule has 326 valence electrons. The van der Waals surface area contributed by atoms with E-state index in [1.807, 2.05) is 12.1 Å². The van der Waals surface area contributed by atoms with Gasteiger partial charge in [0.2, 0.25) is 0 Å². The van der Waals surface area contributed by atoms with E-state index in [1.54, 1.807) is 0 Å². The van der Waals surface area contributed by atoms with Crippen molar-refractivity contribution in [2.24, 2.45) is 0 Å². The molecule has 0 atom stereocenters. The molecule has 4 heteroatoms. The van der Waals surface area contributed by atoms with Crippen LogP contribution in [0.4, 0.5) is 34.1 Å². The van der Waals surface area contributed by atoms with Gasteiger partial charge in [0.05, 0.1) is 17.1 Å². The van der Waals surface area contributed by atoms with Crippen LogP contribution >= 0.6 is 11.6 Å². The zero-order valence-electron chi connectivity index (χ0n) is 39.4. The second-order valence-corrected chi connectivity index (χ2v) is 21.0. The number of benzene rings is 8. The number of anilines is 6. The Morgan fingerprint density at radius 3 is 1.46 bits per heavy atom. The van der Waals surface area contributed by atoms with Crippen molar-refractivity contribution in [3.05, 3.63) is 203 Å². The van der Waals surface area contributed by atoms with E-state index in [9.17, 15) is 0 Å². The number of rotatable bonds is 8. The third-order valence-corrected chi connectivity index (χ3v) is 12.8. The van der Waals surface area contributed by atoms with Gasteiger partial charge in [-0.25, -0.2) is 0 Å². The molecule has 9 rings (SSSR count). The van der Waals surface area contributed by atoms with Gasteiger partial charge in [-0.15, -0.1) is 0 Å². The van der Waals surface area contributed by atoms with Crippen molar-refractivity contribution in [2.75, 3.05) is 9.80 Å². The molecule has 0 unspecified atom stereocenters. The lowest BCUT2D eigenvalue weighted by Gasteiger charge is -2.33. The summed E-state index contributed by atoms with van der Waals surface area (Å²) in [5.74, 6) is 0. The molecule has 0 saturated carbocycles. The Kier molecular flexibility index (Phi) is 11.3. The standard InChI is InChI=1S/C61H59ClN2O/c1-40-33-48(63(47-24-17-23-46(62)38-47)54-30-27-43(59(2,3)4)35-51(54)41-19-13-11-14-20-41)39-49(34-40)64(55-31-28-44(60(5,6)7)36-52(55)42-21-15-12-16-22-42)56-26-18-25-50-53-37-45(61(8,9)10)29-32-57(53)65-58(50)56/h11-39H,1-10H3. The van der Waals surface area contributed by atoms with E-state index >= 15 is 0 Å². The van der Waals surface area contributed by atoms with E-state index < -0.39 is 0 Å². The summed E-state index contributed by atoms with van der Waals surface area (Å²) in [4.78, 5) is 4.78. The van der Waals surface area contributed by atoms with Gasteiger partial charge in [-0.3, -0.25) is 0 Å². The van der Waals surface area contributed by atoms with Crippen molar-refractivity contribution in [2.45, 2.75) is 85.5 Å². The van der Waals surface area contributed by atoms with Gasteiger partial charge < -0.3 is 14.2 Å². The Morgan fingerprint density at radius 1 is 0.400 bits per heavy atom. The van der Waals surface area contributed by atoms with Crippen LogP contribution in [-0.4, -0.2) is 0 Å². The molecule has 3 nitrogen and oxygen atoms in total. The number of halogens is 1. The maximum Gasteiger partial charge on any atom is 0.159 e. The smallest absolute Gasteiger partial charge is 0.159 e. The highest BCUT2D eigenvalue weighted by Gasteiger charge is 2.28. The average molecular weight is 872 g/mol.